The number of carbonyl (C=O) groups is 2. The number of morpholine rings is 1. The van der Waals surface area contributed by atoms with Crippen molar-refractivity contribution in [1.29, 1.82) is 0 Å². The second-order valence-corrected chi connectivity index (χ2v) is 6.22. The molecule has 0 spiro atoms. The zero-order chi connectivity index (χ0) is 17.1. The number of benzene rings is 1. The standard InChI is InChI=1S/C17H21FN2O4/c18-13-5-3-12(4-6-13)15-10-20(8-9-24-15)16(21)11-19-7-1-2-14(19)17(22)23/h3-6,14-15H,1-2,7-11H2,(H,22,23)/t14-,15+/m1/s1. The van der Waals surface area contributed by atoms with Gasteiger partial charge in [0.1, 0.15) is 18.0 Å². The second-order valence-electron chi connectivity index (χ2n) is 6.22. The number of amides is 1. The smallest absolute Gasteiger partial charge is 0.320 e. The molecule has 7 heteroatoms. The van der Waals surface area contributed by atoms with Gasteiger partial charge in [-0.3, -0.25) is 14.5 Å². The van der Waals surface area contributed by atoms with Crippen LogP contribution in [0, 0.1) is 5.82 Å². The zero-order valence-electron chi connectivity index (χ0n) is 13.4. The highest BCUT2D eigenvalue weighted by atomic mass is 19.1. The molecule has 2 fully saturated rings. The maximum absolute atomic E-state index is 13.0. The molecule has 3 rings (SSSR count). The third kappa shape index (κ3) is 3.73. The van der Waals surface area contributed by atoms with E-state index in [0.717, 1.165) is 12.0 Å². The van der Waals surface area contributed by atoms with Crippen LogP contribution in [0.15, 0.2) is 24.3 Å². The molecule has 0 aliphatic carbocycles. The first-order valence-corrected chi connectivity index (χ1v) is 8.16. The quantitative estimate of drug-likeness (QED) is 0.897. The molecule has 2 aliphatic heterocycles. The highest BCUT2D eigenvalue weighted by Gasteiger charge is 2.34. The summed E-state index contributed by atoms with van der Waals surface area (Å²) in [4.78, 5) is 27.2. The Labute approximate surface area is 139 Å². The summed E-state index contributed by atoms with van der Waals surface area (Å²) in [6, 6.07) is 5.51. The average molecular weight is 336 g/mol. The maximum Gasteiger partial charge on any atom is 0.320 e. The summed E-state index contributed by atoms with van der Waals surface area (Å²) in [6.07, 6.45) is 1.10. The maximum atomic E-state index is 13.0. The molecule has 24 heavy (non-hydrogen) atoms. The molecule has 0 bridgehead atoms. The van der Waals surface area contributed by atoms with E-state index in [1.54, 1.807) is 21.9 Å². The van der Waals surface area contributed by atoms with Gasteiger partial charge in [0.15, 0.2) is 0 Å². The summed E-state index contributed by atoms with van der Waals surface area (Å²) < 4.78 is 18.7. The average Bonchev–Trinajstić information content (AvgIpc) is 3.04. The molecule has 0 radical (unpaired) electrons. The Kier molecular flexibility index (Phi) is 5.11. The van der Waals surface area contributed by atoms with Crippen LogP contribution in [0.1, 0.15) is 24.5 Å². The van der Waals surface area contributed by atoms with E-state index in [9.17, 15) is 19.1 Å². The van der Waals surface area contributed by atoms with Gasteiger partial charge in [0.25, 0.3) is 0 Å². The van der Waals surface area contributed by atoms with Crippen LogP contribution in [0.25, 0.3) is 0 Å². The molecule has 2 heterocycles. The summed E-state index contributed by atoms with van der Waals surface area (Å²) in [5.74, 6) is -1.26. The van der Waals surface area contributed by atoms with E-state index in [-0.39, 0.29) is 24.4 Å². The van der Waals surface area contributed by atoms with Gasteiger partial charge in [-0.05, 0) is 37.1 Å². The van der Waals surface area contributed by atoms with Gasteiger partial charge in [0, 0.05) is 6.54 Å². The highest BCUT2D eigenvalue weighted by molar-refractivity contribution is 5.80. The predicted octanol–water partition coefficient (Wildman–Crippen LogP) is 1.27. The van der Waals surface area contributed by atoms with Crippen molar-refractivity contribution >= 4 is 11.9 Å². The van der Waals surface area contributed by atoms with E-state index in [2.05, 4.69) is 0 Å². The van der Waals surface area contributed by atoms with E-state index >= 15 is 0 Å². The predicted molar refractivity (Wildman–Crippen MR) is 83.9 cm³/mol. The largest absolute Gasteiger partial charge is 0.480 e. The summed E-state index contributed by atoms with van der Waals surface area (Å²) in [7, 11) is 0. The first kappa shape index (κ1) is 16.9. The van der Waals surface area contributed by atoms with Gasteiger partial charge < -0.3 is 14.7 Å². The van der Waals surface area contributed by atoms with Crippen LogP contribution in [0.2, 0.25) is 0 Å². The van der Waals surface area contributed by atoms with Crippen LogP contribution in [0.4, 0.5) is 4.39 Å². The minimum Gasteiger partial charge on any atom is -0.480 e. The van der Waals surface area contributed by atoms with Crippen molar-refractivity contribution in [3.05, 3.63) is 35.6 Å². The number of carboxylic acid groups (broad SMARTS) is 1. The Balaban J connectivity index is 1.61. The number of ether oxygens (including phenoxy) is 1. The van der Waals surface area contributed by atoms with Gasteiger partial charge in [0.05, 0.1) is 19.7 Å². The Bertz CT molecular complexity index is 607. The van der Waals surface area contributed by atoms with E-state index in [4.69, 9.17) is 4.74 Å². The molecule has 0 aromatic heterocycles. The van der Waals surface area contributed by atoms with Crippen LogP contribution < -0.4 is 0 Å². The number of carbonyl (C=O) groups excluding carboxylic acids is 1. The van der Waals surface area contributed by atoms with Crippen molar-refractivity contribution in [2.45, 2.75) is 25.0 Å². The van der Waals surface area contributed by atoms with Crippen molar-refractivity contribution in [1.82, 2.24) is 9.80 Å². The van der Waals surface area contributed by atoms with Crippen LogP contribution in [-0.2, 0) is 14.3 Å². The molecule has 1 aromatic rings. The molecule has 6 nitrogen and oxygen atoms in total. The Morgan fingerprint density at radius 2 is 2.00 bits per heavy atom. The monoisotopic (exact) mass is 336 g/mol. The molecular formula is C17H21FN2O4. The Hall–Kier alpha value is -1.99. The lowest BCUT2D eigenvalue weighted by Crippen LogP contribution is -2.48. The fourth-order valence-electron chi connectivity index (χ4n) is 3.32. The van der Waals surface area contributed by atoms with Gasteiger partial charge in [0.2, 0.25) is 5.91 Å². The fraction of sp³-hybridized carbons (Fsp3) is 0.529. The van der Waals surface area contributed by atoms with Crippen LogP contribution in [-0.4, -0.2) is 65.6 Å². The van der Waals surface area contributed by atoms with Gasteiger partial charge in [-0.15, -0.1) is 0 Å². The molecule has 0 saturated carbocycles. The lowest BCUT2D eigenvalue weighted by atomic mass is 10.1. The van der Waals surface area contributed by atoms with Crippen LogP contribution in [0.3, 0.4) is 0 Å². The van der Waals surface area contributed by atoms with Crippen molar-refractivity contribution in [2.75, 3.05) is 32.8 Å². The number of halogens is 1. The summed E-state index contributed by atoms with van der Waals surface area (Å²) in [5, 5.41) is 9.20. The van der Waals surface area contributed by atoms with Gasteiger partial charge in [-0.1, -0.05) is 12.1 Å². The molecule has 2 aliphatic rings. The van der Waals surface area contributed by atoms with Crippen molar-refractivity contribution in [3.8, 4) is 0 Å². The molecule has 130 valence electrons. The lowest BCUT2D eigenvalue weighted by Gasteiger charge is -2.34. The highest BCUT2D eigenvalue weighted by Crippen LogP contribution is 2.23. The fourth-order valence-corrected chi connectivity index (χ4v) is 3.32. The SMILES string of the molecule is O=C(O)[C@H]1CCCN1CC(=O)N1CCO[C@H](c2ccc(F)cc2)C1. The summed E-state index contributed by atoms with van der Waals surface area (Å²) >= 11 is 0. The van der Waals surface area contributed by atoms with E-state index in [1.807, 2.05) is 0 Å². The minimum atomic E-state index is -0.869. The Morgan fingerprint density at radius 1 is 1.25 bits per heavy atom. The van der Waals surface area contributed by atoms with E-state index in [1.165, 1.54) is 12.1 Å². The third-order valence-corrected chi connectivity index (χ3v) is 4.65. The molecule has 1 N–H and O–H groups in total. The normalized spacial score (nSPS) is 25.0. The van der Waals surface area contributed by atoms with Crippen LogP contribution >= 0.6 is 0 Å². The number of carboxylic acids is 1. The van der Waals surface area contributed by atoms with E-state index in [0.29, 0.717) is 32.7 Å². The molecule has 2 atom stereocenters. The van der Waals surface area contributed by atoms with Crippen molar-refractivity contribution in [3.63, 3.8) is 0 Å². The minimum absolute atomic E-state index is 0.0847. The lowest BCUT2D eigenvalue weighted by molar-refractivity contribution is -0.145. The summed E-state index contributed by atoms with van der Waals surface area (Å²) in [6.45, 7) is 2.05. The second kappa shape index (κ2) is 7.27. The molecule has 2 saturated heterocycles. The first-order valence-electron chi connectivity index (χ1n) is 8.16. The van der Waals surface area contributed by atoms with Crippen molar-refractivity contribution < 1.29 is 23.8 Å². The van der Waals surface area contributed by atoms with Crippen LogP contribution in [0.5, 0.6) is 0 Å². The van der Waals surface area contributed by atoms with E-state index < -0.39 is 12.0 Å². The molecule has 0 unspecified atom stereocenters. The number of likely N-dealkylation sites (tertiary alicyclic amines) is 1. The molecular weight excluding hydrogens is 315 g/mol. The first-order chi connectivity index (χ1) is 11.5. The molecule has 1 aromatic carbocycles. The zero-order valence-corrected chi connectivity index (χ0v) is 13.4. The Morgan fingerprint density at radius 3 is 2.71 bits per heavy atom. The third-order valence-electron chi connectivity index (χ3n) is 4.65. The van der Waals surface area contributed by atoms with Gasteiger partial charge in [-0.2, -0.15) is 0 Å². The number of aliphatic carboxylic acids is 1. The topological polar surface area (TPSA) is 70.1 Å². The number of hydrogen-bond donors (Lipinski definition) is 1. The molecule has 1 amide bonds. The number of rotatable bonds is 4. The van der Waals surface area contributed by atoms with Gasteiger partial charge in [-0.25, -0.2) is 4.39 Å². The number of hydrogen-bond acceptors (Lipinski definition) is 4. The van der Waals surface area contributed by atoms with Crippen molar-refractivity contribution in [2.24, 2.45) is 0 Å². The number of nitrogens with zero attached hydrogens (tertiary/aromatic N) is 2. The summed E-state index contributed by atoms with van der Waals surface area (Å²) in [5.41, 5.74) is 0.832. The van der Waals surface area contributed by atoms with Gasteiger partial charge >= 0.3 is 5.97 Å².